The minimum Gasteiger partial charge on any atom is -0.366 e. The summed E-state index contributed by atoms with van der Waals surface area (Å²) >= 11 is 6.32. The van der Waals surface area contributed by atoms with Gasteiger partial charge in [0.2, 0.25) is 0 Å². The van der Waals surface area contributed by atoms with Gasteiger partial charge in [0.15, 0.2) is 5.82 Å². The summed E-state index contributed by atoms with van der Waals surface area (Å²) in [5.41, 5.74) is 2.54. The number of halogens is 1. The van der Waals surface area contributed by atoms with Crippen LogP contribution in [-0.2, 0) is 13.0 Å². The Bertz CT molecular complexity index is 1140. The van der Waals surface area contributed by atoms with Crippen LogP contribution in [0.4, 0.5) is 11.5 Å². The predicted octanol–water partition coefficient (Wildman–Crippen LogP) is 3.67. The number of rotatable bonds is 3. The number of nitrogens with zero attached hydrogens (tertiary/aromatic N) is 3. The molecule has 1 aromatic carbocycles. The van der Waals surface area contributed by atoms with Gasteiger partial charge in [-0.15, -0.1) is 0 Å². The molecule has 0 aliphatic carbocycles. The summed E-state index contributed by atoms with van der Waals surface area (Å²) in [6.07, 6.45) is 0.931. The van der Waals surface area contributed by atoms with Crippen LogP contribution in [-0.4, -0.2) is 21.0 Å². The average molecular weight is 385 g/mol. The lowest BCUT2D eigenvalue weighted by molar-refractivity contribution is -0.384. The van der Waals surface area contributed by atoms with E-state index in [1.807, 2.05) is 31.2 Å². The second kappa shape index (κ2) is 6.66. The van der Waals surface area contributed by atoms with E-state index in [9.17, 15) is 14.9 Å². The van der Waals surface area contributed by atoms with Crippen molar-refractivity contribution in [3.8, 4) is 0 Å². The standard InChI is InChI=1S/C19H17ClN4O3/c1-11-3-4-15-12(7-11)8-13(17(20)22-15)9-14-10-16(24(26)27)18-21-5-2-6-23(18)19(14)25/h3-4,7-8,10,21H,2,5-6,9H2,1H3. The highest BCUT2D eigenvalue weighted by Gasteiger charge is 2.25. The van der Waals surface area contributed by atoms with E-state index >= 15 is 0 Å². The molecule has 1 aliphatic rings. The molecule has 1 aliphatic heterocycles. The molecular formula is C19H17ClN4O3. The van der Waals surface area contributed by atoms with E-state index in [1.165, 1.54) is 10.6 Å². The first-order valence-corrected chi connectivity index (χ1v) is 9.02. The van der Waals surface area contributed by atoms with Crippen LogP contribution in [0, 0.1) is 17.0 Å². The molecule has 2 aromatic heterocycles. The van der Waals surface area contributed by atoms with E-state index in [2.05, 4.69) is 10.3 Å². The molecule has 1 N–H and O–H groups in total. The smallest absolute Gasteiger partial charge is 0.310 e. The molecule has 0 atom stereocenters. The Morgan fingerprint density at radius 2 is 2.11 bits per heavy atom. The van der Waals surface area contributed by atoms with Gasteiger partial charge < -0.3 is 5.32 Å². The predicted molar refractivity (Wildman–Crippen MR) is 105 cm³/mol. The number of aromatic nitrogens is 2. The van der Waals surface area contributed by atoms with Crippen LogP contribution in [0.2, 0.25) is 5.15 Å². The number of anilines is 1. The molecule has 0 fully saturated rings. The summed E-state index contributed by atoms with van der Waals surface area (Å²) in [5.74, 6) is 0.276. The van der Waals surface area contributed by atoms with E-state index in [4.69, 9.17) is 11.6 Å². The van der Waals surface area contributed by atoms with Crippen molar-refractivity contribution in [3.63, 3.8) is 0 Å². The first-order valence-electron chi connectivity index (χ1n) is 8.65. The van der Waals surface area contributed by atoms with E-state index in [1.54, 1.807) is 0 Å². The van der Waals surface area contributed by atoms with Crippen LogP contribution in [0.1, 0.15) is 23.1 Å². The fourth-order valence-corrected chi connectivity index (χ4v) is 3.68. The molecule has 0 saturated heterocycles. The van der Waals surface area contributed by atoms with Crippen molar-refractivity contribution < 1.29 is 4.92 Å². The van der Waals surface area contributed by atoms with Crippen molar-refractivity contribution in [3.05, 3.63) is 72.6 Å². The van der Waals surface area contributed by atoms with Crippen LogP contribution in [0.3, 0.4) is 0 Å². The van der Waals surface area contributed by atoms with Gasteiger partial charge in [-0.2, -0.15) is 0 Å². The van der Waals surface area contributed by atoms with Crippen LogP contribution in [0.25, 0.3) is 10.9 Å². The molecule has 3 aromatic rings. The van der Waals surface area contributed by atoms with Gasteiger partial charge in [0, 0.05) is 36.5 Å². The van der Waals surface area contributed by atoms with Gasteiger partial charge in [0.25, 0.3) is 5.56 Å². The largest absolute Gasteiger partial charge is 0.366 e. The molecule has 138 valence electrons. The Morgan fingerprint density at radius 1 is 1.30 bits per heavy atom. The number of aryl methyl sites for hydroxylation is 1. The van der Waals surface area contributed by atoms with Gasteiger partial charge in [-0.1, -0.05) is 23.2 Å². The third kappa shape index (κ3) is 3.14. The Morgan fingerprint density at radius 3 is 2.89 bits per heavy atom. The highest BCUT2D eigenvalue weighted by atomic mass is 35.5. The lowest BCUT2D eigenvalue weighted by Crippen LogP contribution is -2.32. The van der Waals surface area contributed by atoms with Crippen molar-refractivity contribution in [2.45, 2.75) is 26.3 Å². The van der Waals surface area contributed by atoms with Gasteiger partial charge in [0.05, 0.1) is 10.4 Å². The van der Waals surface area contributed by atoms with E-state index in [0.717, 1.165) is 22.9 Å². The maximum Gasteiger partial charge on any atom is 0.310 e. The van der Waals surface area contributed by atoms with Crippen molar-refractivity contribution >= 4 is 34.0 Å². The summed E-state index contributed by atoms with van der Waals surface area (Å²) in [5, 5.41) is 15.7. The molecule has 3 heterocycles. The first-order chi connectivity index (χ1) is 12.9. The molecule has 0 unspecified atom stereocenters. The topological polar surface area (TPSA) is 90.1 Å². The van der Waals surface area contributed by atoms with E-state index in [0.29, 0.717) is 29.4 Å². The Hall–Kier alpha value is -2.93. The van der Waals surface area contributed by atoms with Crippen LogP contribution in [0.15, 0.2) is 35.1 Å². The molecule has 27 heavy (non-hydrogen) atoms. The van der Waals surface area contributed by atoms with Crippen molar-refractivity contribution in [2.75, 3.05) is 11.9 Å². The van der Waals surface area contributed by atoms with Gasteiger partial charge >= 0.3 is 5.69 Å². The maximum absolute atomic E-state index is 12.9. The zero-order valence-corrected chi connectivity index (χ0v) is 15.4. The van der Waals surface area contributed by atoms with Crippen molar-refractivity contribution in [1.29, 1.82) is 0 Å². The lowest BCUT2D eigenvalue weighted by Gasteiger charge is -2.20. The van der Waals surface area contributed by atoms with Crippen LogP contribution >= 0.6 is 11.6 Å². The third-order valence-corrected chi connectivity index (χ3v) is 5.10. The number of pyridine rings is 2. The second-order valence-corrected chi connectivity index (χ2v) is 7.07. The number of hydrogen-bond acceptors (Lipinski definition) is 5. The summed E-state index contributed by atoms with van der Waals surface area (Å²) in [4.78, 5) is 28.3. The Kier molecular flexibility index (Phi) is 4.31. The number of benzene rings is 1. The molecule has 0 saturated carbocycles. The van der Waals surface area contributed by atoms with Gasteiger partial charge in [-0.25, -0.2) is 4.98 Å². The summed E-state index contributed by atoms with van der Waals surface area (Å²) in [6.45, 7) is 3.05. The van der Waals surface area contributed by atoms with Gasteiger partial charge in [-0.3, -0.25) is 19.5 Å². The molecule has 0 bridgehead atoms. The Labute approximate surface area is 159 Å². The van der Waals surface area contributed by atoms with Crippen LogP contribution in [0.5, 0.6) is 0 Å². The minimum atomic E-state index is -0.462. The van der Waals surface area contributed by atoms with Gasteiger partial charge in [0.1, 0.15) is 5.15 Å². The summed E-state index contributed by atoms with van der Waals surface area (Å²) in [7, 11) is 0. The van der Waals surface area contributed by atoms with E-state index in [-0.39, 0.29) is 23.5 Å². The third-order valence-electron chi connectivity index (χ3n) is 4.77. The fraction of sp³-hybridized carbons (Fsp3) is 0.263. The van der Waals surface area contributed by atoms with Crippen molar-refractivity contribution in [2.24, 2.45) is 0 Å². The van der Waals surface area contributed by atoms with E-state index < -0.39 is 4.92 Å². The van der Waals surface area contributed by atoms with Gasteiger partial charge in [-0.05, 0) is 37.1 Å². The fourth-order valence-electron chi connectivity index (χ4n) is 3.46. The molecular weight excluding hydrogens is 368 g/mol. The lowest BCUT2D eigenvalue weighted by atomic mass is 10.0. The molecule has 4 rings (SSSR count). The highest BCUT2D eigenvalue weighted by molar-refractivity contribution is 6.30. The monoisotopic (exact) mass is 384 g/mol. The summed E-state index contributed by atoms with van der Waals surface area (Å²) in [6, 6.07) is 9.09. The molecule has 7 nitrogen and oxygen atoms in total. The molecule has 8 heteroatoms. The number of fused-ring (bicyclic) bond motifs is 2. The second-order valence-electron chi connectivity index (χ2n) is 6.71. The Balaban J connectivity index is 1.84. The highest BCUT2D eigenvalue weighted by Crippen LogP contribution is 2.28. The quantitative estimate of drug-likeness (QED) is 0.422. The zero-order valence-electron chi connectivity index (χ0n) is 14.7. The molecule has 0 amide bonds. The SMILES string of the molecule is Cc1ccc2nc(Cl)c(Cc3cc([N+](=O)[O-])c4n(c3=O)CCCN4)cc2c1. The maximum atomic E-state index is 12.9. The average Bonchev–Trinajstić information content (AvgIpc) is 2.64. The normalized spacial score (nSPS) is 13.3. The zero-order chi connectivity index (χ0) is 19.1. The number of hydrogen-bond donors (Lipinski definition) is 1. The number of nitro groups is 1. The number of nitrogens with one attached hydrogen (secondary N) is 1. The molecule has 0 radical (unpaired) electrons. The summed E-state index contributed by atoms with van der Waals surface area (Å²) < 4.78 is 1.45. The first kappa shape index (κ1) is 17.5. The minimum absolute atomic E-state index is 0.0926. The van der Waals surface area contributed by atoms with Crippen molar-refractivity contribution in [1.82, 2.24) is 9.55 Å². The van der Waals surface area contributed by atoms with Crippen LogP contribution < -0.4 is 10.9 Å². The molecule has 0 spiro atoms.